The zero-order valence-electron chi connectivity index (χ0n) is 11.9. The normalized spacial score (nSPS) is 11.2. The minimum Gasteiger partial charge on any atom is -0.462 e. The van der Waals surface area contributed by atoms with Crippen LogP contribution in [0.4, 0.5) is 0 Å². The van der Waals surface area contributed by atoms with Crippen LogP contribution in [0.15, 0.2) is 10.5 Å². The molecule has 4 nitrogen and oxygen atoms in total. The van der Waals surface area contributed by atoms with Gasteiger partial charge < -0.3 is 9.73 Å². The molecular formula is C14H20ClN3O. The fraction of sp³-hybridized carbons (Fsp3) is 0.500. The second kappa shape index (κ2) is 5.80. The summed E-state index contributed by atoms with van der Waals surface area (Å²) in [4.78, 5) is 0. The third-order valence-electron chi connectivity index (χ3n) is 3.21. The van der Waals surface area contributed by atoms with Gasteiger partial charge in [0.25, 0.3) is 0 Å². The van der Waals surface area contributed by atoms with Crippen LogP contribution in [0.3, 0.4) is 0 Å². The summed E-state index contributed by atoms with van der Waals surface area (Å²) in [5, 5.41) is 8.42. The number of aryl methyl sites for hydroxylation is 2. The number of rotatable bonds is 5. The van der Waals surface area contributed by atoms with Crippen molar-refractivity contribution < 1.29 is 4.42 Å². The van der Waals surface area contributed by atoms with Crippen LogP contribution in [0.25, 0.3) is 0 Å². The van der Waals surface area contributed by atoms with Crippen LogP contribution < -0.4 is 5.32 Å². The summed E-state index contributed by atoms with van der Waals surface area (Å²) in [5.41, 5.74) is 3.00. The predicted molar refractivity (Wildman–Crippen MR) is 76.6 cm³/mol. The molecular weight excluding hydrogens is 262 g/mol. The van der Waals surface area contributed by atoms with Crippen molar-refractivity contribution in [1.29, 1.82) is 0 Å². The SMILES string of the molecule is CCNCc1oc(Cn2nc(C)c(Cl)c2C)cc1C. The molecule has 0 saturated carbocycles. The lowest BCUT2D eigenvalue weighted by Crippen LogP contribution is -2.11. The lowest BCUT2D eigenvalue weighted by atomic mass is 10.2. The first-order valence-electron chi connectivity index (χ1n) is 6.51. The van der Waals surface area contributed by atoms with E-state index < -0.39 is 0 Å². The van der Waals surface area contributed by atoms with Crippen LogP contribution in [0.1, 0.15) is 35.4 Å². The number of nitrogens with one attached hydrogen (secondary N) is 1. The number of aromatic nitrogens is 2. The van der Waals surface area contributed by atoms with Crippen LogP contribution in [-0.4, -0.2) is 16.3 Å². The summed E-state index contributed by atoms with van der Waals surface area (Å²) in [6, 6.07) is 2.07. The Bertz CT molecular complexity index is 571. The summed E-state index contributed by atoms with van der Waals surface area (Å²) < 4.78 is 7.74. The standard InChI is InChI=1S/C14H20ClN3O/c1-5-16-7-13-9(2)6-12(19-13)8-18-11(4)14(15)10(3)17-18/h6,16H,5,7-8H2,1-4H3. The van der Waals surface area contributed by atoms with E-state index in [1.807, 2.05) is 18.5 Å². The van der Waals surface area contributed by atoms with Crippen LogP contribution in [0, 0.1) is 20.8 Å². The number of furan rings is 1. The summed E-state index contributed by atoms with van der Waals surface area (Å²) in [7, 11) is 0. The predicted octanol–water partition coefficient (Wildman–Crippen LogP) is 3.21. The highest BCUT2D eigenvalue weighted by Gasteiger charge is 2.12. The highest BCUT2D eigenvalue weighted by molar-refractivity contribution is 6.31. The Morgan fingerprint density at radius 3 is 2.68 bits per heavy atom. The largest absolute Gasteiger partial charge is 0.462 e. The molecule has 0 unspecified atom stereocenters. The third kappa shape index (κ3) is 3.01. The maximum Gasteiger partial charge on any atom is 0.126 e. The second-order valence-electron chi connectivity index (χ2n) is 4.74. The molecule has 0 atom stereocenters. The average molecular weight is 282 g/mol. The maximum absolute atomic E-state index is 6.15. The fourth-order valence-corrected chi connectivity index (χ4v) is 2.19. The molecule has 0 aliphatic heterocycles. The van der Waals surface area contributed by atoms with Gasteiger partial charge in [-0.2, -0.15) is 5.10 Å². The monoisotopic (exact) mass is 281 g/mol. The van der Waals surface area contributed by atoms with Crippen molar-refractivity contribution in [3.05, 3.63) is 39.6 Å². The maximum atomic E-state index is 6.15. The molecule has 2 aromatic rings. The number of hydrogen-bond donors (Lipinski definition) is 1. The molecule has 0 bridgehead atoms. The van der Waals surface area contributed by atoms with E-state index >= 15 is 0 Å². The average Bonchev–Trinajstić information content (AvgIpc) is 2.83. The molecule has 2 heterocycles. The van der Waals surface area contributed by atoms with Gasteiger partial charge in [-0.05, 0) is 38.9 Å². The number of hydrogen-bond acceptors (Lipinski definition) is 3. The van der Waals surface area contributed by atoms with Crippen molar-refractivity contribution in [2.75, 3.05) is 6.54 Å². The molecule has 2 rings (SSSR count). The summed E-state index contributed by atoms with van der Waals surface area (Å²) in [6.07, 6.45) is 0. The Labute approximate surface area is 118 Å². The van der Waals surface area contributed by atoms with E-state index in [1.165, 1.54) is 5.56 Å². The van der Waals surface area contributed by atoms with Gasteiger partial charge in [-0.25, -0.2) is 0 Å². The summed E-state index contributed by atoms with van der Waals surface area (Å²) in [5.74, 6) is 1.90. The lowest BCUT2D eigenvalue weighted by Gasteiger charge is -2.02. The van der Waals surface area contributed by atoms with Crippen LogP contribution >= 0.6 is 11.6 Å². The minimum atomic E-state index is 0.617. The Morgan fingerprint density at radius 2 is 2.11 bits per heavy atom. The fourth-order valence-electron chi connectivity index (χ4n) is 2.06. The number of halogens is 1. The van der Waals surface area contributed by atoms with Gasteiger partial charge in [0, 0.05) is 0 Å². The molecule has 104 valence electrons. The molecule has 0 saturated heterocycles. The van der Waals surface area contributed by atoms with Crippen molar-refractivity contribution in [2.24, 2.45) is 0 Å². The first-order chi connectivity index (χ1) is 9.02. The van der Waals surface area contributed by atoms with Crippen LogP contribution in [0.5, 0.6) is 0 Å². The van der Waals surface area contributed by atoms with Crippen molar-refractivity contribution in [2.45, 2.75) is 40.8 Å². The van der Waals surface area contributed by atoms with E-state index in [4.69, 9.17) is 16.0 Å². The van der Waals surface area contributed by atoms with E-state index in [-0.39, 0.29) is 0 Å². The van der Waals surface area contributed by atoms with Gasteiger partial charge in [0.1, 0.15) is 11.5 Å². The lowest BCUT2D eigenvalue weighted by molar-refractivity contribution is 0.428. The molecule has 0 fully saturated rings. The smallest absolute Gasteiger partial charge is 0.126 e. The quantitative estimate of drug-likeness (QED) is 0.915. The van der Waals surface area contributed by atoms with Crippen molar-refractivity contribution in [1.82, 2.24) is 15.1 Å². The number of nitrogens with zero attached hydrogens (tertiary/aromatic N) is 2. The minimum absolute atomic E-state index is 0.617. The Hall–Kier alpha value is -1.26. The summed E-state index contributed by atoms with van der Waals surface area (Å²) >= 11 is 6.15. The van der Waals surface area contributed by atoms with E-state index in [9.17, 15) is 0 Å². The van der Waals surface area contributed by atoms with Crippen molar-refractivity contribution >= 4 is 11.6 Å². The van der Waals surface area contributed by atoms with Gasteiger partial charge in [0.2, 0.25) is 0 Å². The van der Waals surface area contributed by atoms with E-state index in [2.05, 4.69) is 30.3 Å². The third-order valence-corrected chi connectivity index (χ3v) is 3.75. The molecule has 0 aliphatic rings. The zero-order chi connectivity index (χ0) is 14.0. The van der Waals surface area contributed by atoms with Crippen molar-refractivity contribution in [3.63, 3.8) is 0 Å². The van der Waals surface area contributed by atoms with Gasteiger partial charge in [-0.15, -0.1) is 0 Å². The Morgan fingerprint density at radius 1 is 1.37 bits per heavy atom. The molecule has 0 aliphatic carbocycles. The van der Waals surface area contributed by atoms with E-state index in [0.29, 0.717) is 6.54 Å². The highest BCUT2D eigenvalue weighted by atomic mass is 35.5. The molecule has 19 heavy (non-hydrogen) atoms. The van der Waals surface area contributed by atoms with Gasteiger partial charge in [0.05, 0.1) is 29.5 Å². The van der Waals surface area contributed by atoms with Gasteiger partial charge in [0.15, 0.2) is 0 Å². The van der Waals surface area contributed by atoms with Crippen LogP contribution in [-0.2, 0) is 13.1 Å². The second-order valence-corrected chi connectivity index (χ2v) is 5.12. The highest BCUT2D eigenvalue weighted by Crippen LogP contribution is 2.21. The first-order valence-corrected chi connectivity index (χ1v) is 6.89. The van der Waals surface area contributed by atoms with Gasteiger partial charge in [-0.1, -0.05) is 18.5 Å². The zero-order valence-corrected chi connectivity index (χ0v) is 12.6. The van der Waals surface area contributed by atoms with E-state index in [1.54, 1.807) is 0 Å². The summed E-state index contributed by atoms with van der Waals surface area (Å²) in [6.45, 7) is 10.3. The Balaban J connectivity index is 2.17. The van der Waals surface area contributed by atoms with Gasteiger partial charge >= 0.3 is 0 Å². The van der Waals surface area contributed by atoms with Crippen molar-refractivity contribution in [3.8, 4) is 0 Å². The molecule has 1 N–H and O–H groups in total. The topological polar surface area (TPSA) is 43.0 Å². The van der Waals surface area contributed by atoms with E-state index in [0.717, 1.165) is 41.0 Å². The molecule has 0 radical (unpaired) electrons. The first kappa shape index (κ1) is 14.2. The molecule has 5 heteroatoms. The van der Waals surface area contributed by atoms with Crippen LogP contribution in [0.2, 0.25) is 5.02 Å². The molecule has 0 aromatic carbocycles. The molecule has 0 amide bonds. The Kier molecular flexibility index (Phi) is 4.32. The molecule has 2 aromatic heterocycles. The van der Waals surface area contributed by atoms with Gasteiger partial charge in [-0.3, -0.25) is 4.68 Å². The molecule has 0 spiro atoms.